The summed E-state index contributed by atoms with van der Waals surface area (Å²) in [6, 6.07) is 0. The topological polar surface area (TPSA) is 46.5 Å². The van der Waals surface area contributed by atoms with Crippen molar-refractivity contribution in [1.29, 1.82) is 0 Å². The number of esters is 1. The van der Waals surface area contributed by atoms with Crippen LogP contribution in [0.3, 0.4) is 0 Å². The summed E-state index contributed by atoms with van der Waals surface area (Å²) in [6.45, 7) is 5.79. The van der Waals surface area contributed by atoms with Crippen molar-refractivity contribution >= 4 is 5.97 Å². The molecule has 4 aliphatic carbocycles. The van der Waals surface area contributed by atoms with E-state index >= 15 is 0 Å². The van der Waals surface area contributed by atoms with Gasteiger partial charge in [-0.05, 0) is 50.4 Å². The molecule has 0 aromatic rings. The molecule has 4 aliphatic rings. The van der Waals surface area contributed by atoms with Crippen molar-refractivity contribution in [3.63, 3.8) is 0 Å². The summed E-state index contributed by atoms with van der Waals surface area (Å²) >= 11 is 0. The number of ether oxygens (including phenoxy) is 1. The fourth-order valence-corrected chi connectivity index (χ4v) is 6.34. The van der Waals surface area contributed by atoms with Crippen LogP contribution in [-0.2, 0) is 9.53 Å². The smallest absolute Gasteiger partial charge is 0.303 e. The quantitative estimate of drug-likeness (QED) is 0.573. The number of fused-ring (bicyclic) bond motifs is 4. The maximum absolute atomic E-state index is 14.8. The van der Waals surface area contributed by atoms with Gasteiger partial charge in [0.05, 0.1) is 6.10 Å². The Morgan fingerprint density at radius 1 is 1.32 bits per heavy atom. The Bertz CT molecular complexity index is 654. The summed E-state index contributed by atoms with van der Waals surface area (Å²) in [6.07, 6.45) is 7.29. The summed E-state index contributed by atoms with van der Waals surface area (Å²) < 4.78 is 20.2. The molecule has 1 fully saturated rings. The number of hydrogen-bond donors (Lipinski definition) is 1. The summed E-state index contributed by atoms with van der Waals surface area (Å²) in [5, 5.41) is 10.0. The van der Waals surface area contributed by atoms with Crippen LogP contribution >= 0.6 is 0 Å². The number of carbonyl (C=O) groups excluding carboxylic acids is 1. The van der Waals surface area contributed by atoms with Crippen LogP contribution in [0.15, 0.2) is 23.3 Å². The van der Waals surface area contributed by atoms with E-state index in [1.54, 1.807) is 0 Å². The highest BCUT2D eigenvalue weighted by Crippen LogP contribution is 2.63. The van der Waals surface area contributed by atoms with Crippen LogP contribution in [-0.4, -0.2) is 29.5 Å². The maximum Gasteiger partial charge on any atom is 0.303 e. The molecule has 1 N–H and O–H groups in total. The third-order valence-electron chi connectivity index (χ3n) is 7.70. The summed E-state index contributed by atoms with van der Waals surface area (Å²) in [5.41, 5.74) is 2.61. The standard InChI is InChI=1S/C21H29FO3/c1-12(23)25-19-18(22)11-17-15-5-4-13-10-14(24)6-8-20(13,2)16(15)7-9-21(17,19)3/h6,8,13-14,17-19,24H,4-5,7,9-11H2,1-3H3/t13?,14?,17-,18?,19?,20-,21-/m0/s1. The van der Waals surface area contributed by atoms with Gasteiger partial charge in [0.1, 0.15) is 12.3 Å². The first-order valence-corrected chi connectivity index (χ1v) is 9.67. The molecule has 0 aliphatic heterocycles. The first-order chi connectivity index (χ1) is 11.8. The Labute approximate surface area is 149 Å². The Morgan fingerprint density at radius 3 is 2.80 bits per heavy atom. The number of hydrogen-bond acceptors (Lipinski definition) is 3. The molecular formula is C21H29FO3. The zero-order valence-corrected chi connectivity index (χ0v) is 15.4. The number of halogens is 1. The van der Waals surface area contributed by atoms with Crippen molar-refractivity contribution in [1.82, 2.24) is 0 Å². The van der Waals surface area contributed by atoms with Gasteiger partial charge in [-0.25, -0.2) is 4.39 Å². The van der Waals surface area contributed by atoms with Gasteiger partial charge in [0.2, 0.25) is 0 Å². The molecule has 0 aromatic heterocycles. The Morgan fingerprint density at radius 2 is 2.08 bits per heavy atom. The lowest BCUT2D eigenvalue weighted by molar-refractivity contribution is -0.156. The largest absolute Gasteiger partial charge is 0.459 e. The molecule has 138 valence electrons. The molecule has 0 heterocycles. The van der Waals surface area contributed by atoms with Gasteiger partial charge in [0.25, 0.3) is 0 Å². The number of carbonyl (C=O) groups is 1. The van der Waals surface area contributed by atoms with Gasteiger partial charge in [-0.1, -0.05) is 37.1 Å². The number of alkyl halides is 1. The molecule has 4 rings (SSSR count). The average molecular weight is 348 g/mol. The van der Waals surface area contributed by atoms with E-state index in [0.29, 0.717) is 12.3 Å². The highest BCUT2D eigenvalue weighted by atomic mass is 19.1. The third kappa shape index (κ3) is 2.43. The molecule has 1 saturated carbocycles. The molecule has 4 heteroatoms. The lowest BCUT2D eigenvalue weighted by atomic mass is 9.53. The predicted octanol–water partition coefficient (Wildman–Crippen LogP) is 4.11. The van der Waals surface area contributed by atoms with Crippen molar-refractivity contribution in [2.75, 3.05) is 0 Å². The van der Waals surface area contributed by atoms with Crippen LogP contribution in [0.1, 0.15) is 59.3 Å². The van der Waals surface area contributed by atoms with Gasteiger partial charge in [-0.2, -0.15) is 0 Å². The minimum atomic E-state index is -1.07. The number of rotatable bonds is 1. The monoisotopic (exact) mass is 348 g/mol. The molecule has 25 heavy (non-hydrogen) atoms. The number of aliphatic hydroxyl groups is 1. The molecule has 0 spiro atoms. The molecule has 0 bridgehead atoms. The van der Waals surface area contributed by atoms with Crippen LogP contribution < -0.4 is 0 Å². The molecular weight excluding hydrogens is 319 g/mol. The van der Waals surface area contributed by atoms with Crippen molar-refractivity contribution < 1.29 is 19.0 Å². The Balaban J connectivity index is 1.73. The van der Waals surface area contributed by atoms with Gasteiger partial charge in [-0.3, -0.25) is 4.79 Å². The molecule has 0 saturated heterocycles. The van der Waals surface area contributed by atoms with E-state index in [-0.39, 0.29) is 28.8 Å². The highest BCUT2D eigenvalue weighted by Gasteiger charge is 2.59. The molecule has 3 nitrogen and oxygen atoms in total. The van der Waals surface area contributed by atoms with E-state index < -0.39 is 12.3 Å². The van der Waals surface area contributed by atoms with Crippen LogP contribution in [0.4, 0.5) is 4.39 Å². The number of aliphatic hydroxyl groups excluding tert-OH is 1. The lowest BCUT2D eigenvalue weighted by Gasteiger charge is -2.52. The lowest BCUT2D eigenvalue weighted by Crippen LogP contribution is -2.45. The van der Waals surface area contributed by atoms with Crippen molar-refractivity contribution in [3.05, 3.63) is 23.3 Å². The second-order valence-electron chi connectivity index (χ2n) is 9.02. The van der Waals surface area contributed by atoms with E-state index in [1.165, 1.54) is 18.1 Å². The summed E-state index contributed by atoms with van der Waals surface area (Å²) in [5.74, 6) is 0.269. The minimum absolute atomic E-state index is 0.000523. The zero-order valence-electron chi connectivity index (χ0n) is 15.4. The Hall–Kier alpha value is -1.16. The molecule has 0 amide bonds. The van der Waals surface area contributed by atoms with E-state index in [2.05, 4.69) is 19.9 Å². The molecule has 4 unspecified atom stereocenters. The van der Waals surface area contributed by atoms with Crippen LogP contribution in [0, 0.1) is 22.7 Å². The van der Waals surface area contributed by atoms with E-state index in [0.717, 1.165) is 32.1 Å². The summed E-state index contributed by atoms with van der Waals surface area (Å²) in [4.78, 5) is 11.5. The van der Waals surface area contributed by atoms with E-state index in [9.17, 15) is 14.3 Å². The molecule has 7 atom stereocenters. The minimum Gasteiger partial charge on any atom is -0.459 e. The normalized spacial score (nSPS) is 48.6. The van der Waals surface area contributed by atoms with Gasteiger partial charge < -0.3 is 9.84 Å². The van der Waals surface area contributed by atoms with E-state index in [1.807, 2.05) is 6.08 Å². The summed E-state index contributed by atoms with van der Waals surface area (Å²) in [7, 11) is 0. The zero-order chi connectivity index (χ0) is 18.0. The van der Waals surface area contributed by atoms with Crippen molar-refractivity contribution in [2.24, 2.45) is 22.7 Å². The second kappa shape index (κ2) is 5.67. The average Bonchev–Trinajstić information content (AvgIpc) is 2.79. The van der Waals surface area contributed by atoms with Crippen LogP contribution in [0.5, 0.6) is 0 Å². The SMILES string of the molecule is CC(=O)OC1C(F)C[C@H]2C3=C(CC[C@]12C)[C@@]1(C)C=CC(O)CC1CC3. The van der Waals surface area contributed by atoms with Crippen molar-refractivity contribution in [3.8, 4) is 0 Å². The number of allylic oxidation sites excluding steroid dienone is 3. The molecule has 0 aromatic carbocycles. The van der Waals surface area contributed by atoms with Crippen LogP contribution in [0.2, 0.25) is 0 Å². The fourth-order valence-electron chi connectivity index (χ4n) is 6.34. The Kier molecular flexibility index (Phi) is 3.91. The third-order valence-corrected chi connectivity index (χ3v) is 7.70. The maximum atomic E-state index is 14.8. The first kappa shape index (κ1) is 17.3. The van der Waals surface area contributed by atoms with Gasteiger partial charge in [-0.15, -0.1) is 0 Å². The van der Waals surface area contributed by atoms with Gasteiger partial charge >= 0.3 is 5.97 Å². The molecule has 0 radical (unpaired) electrons. The fraction of sp³-hybridized carbons (Fsp3) is 0.762. The first-order valence-electron chi connectivity index (χ1n) is 9.67. The van der Waals surface area contributed by atoms with Gasteiger partial charge in [0, 0.05) is 17.8 Å². The highest BCUT2D eigenvalue weighted by molar-refractivity contribution is 5.66. The van der Waals surface area contributed by atoms with Gasteiger partial charge in [0.15, 0.2) is 0 Å². The van der Waals surface area contributed by atoms with Crippen LogP contribution in [0.25, 0.3) is 0 Å². The second-order valence-corrected chi connectivity index (χ2v) is 9.02. The predicted molar refractivity (Wildman–Crippen MR) is 93.5 cm³/mol. The van der Waals surface area contributed by atoms with Crippen molar-refractivity contribution in [2.45, 2.75) is 77.7 Å². The van der Waals surface area contributed by atoms with E-state index in [4.69, 9.17) is 4.74 Å².